The van der Waals surface area contributed by atoms with Crippen LogP contribution in [0.2, 0.25) is 0 Å². The van der Waals surface area contributed by atoms with E-state index < -0.39 is 0 Å². The van der Waals surface area contributed by atoms with Crippen molar-refractivity contribution >= 4 is 0 Å². The molecule has 3 nitrogen and oxygen atoms in total. The van der Waals surface area contributed by atoms with E-state index in [1.807, 2.05) is 6.92 Å². The van der Waals surface area contributed by atoms with Gasteiger partial charge in [0.05, 0.1) is 5.56 Å². The van der Waals surface area contributed by atoms with Crippen LogP contribution in [0, 0.1) is 12.3 Å². The Bertz CT molecular complexity index is 371. The van der Waals surface area contributed by atoms with E-state index in [9.17, 15) is 4.79 Å². The summed E-state index contributed by atoms with van der Waals surface area (Å²) in [4.78, 5) is 13.5. The molecule has 0 aliphatic carbocycles. The molecule has 12 heavy (non-hydrogen) atoms. The first-order valence-corrected chi connectivity index (χ1v) is 3.60. The predicted octanol–water partition coefficient (Wildman–Crippen LogP) is 0.376. The van der Waals surface area contributed by atoms with E-state index in [0.29, 0.717) is 5.56 Å². The fourth-order valence-corrected chi connectivity index (χ4v) is 0.871. The molecular weight excluding hydrogens is 152 g/mol. The minimum Gasteiger partial charge on any atom is -0.328 e. The second-order valence-corrected chi connectivity index (χ2v) is 2.61. The van der Waals surface area contributed by atoms with Crippen molar-refractivity contribution in [2.24, 2.45) is 5.73 Å². The van der Waals surface area contributed by atoms with E-state index in [2.05, 4.69) is 10.9 Å². The van der Waals surface area contributed by atoms with Gasteiger partial charge in [-0.1, -0.05) is 5.92 Å². The van der Waals surface area contributed by atoms with Crippen molar-refractivity contribution < 1.29 is 0 Å². The summed E-state index contributed by atoms with van der Waals surface area (Å²) < 4.78 is 0. The summed E-state index contributed by atoms with van der Waals surface area (Å²) in [5, 5.41) is 0. The number of rotatable bonds is 1. The third kappa shape index (κ3) is 1.55. The summed E-state index contributed by atoms with van der Waals surface area (Å²) in [6.07, 6.45) is 6.69. The molecule has 3 N–H and O–H groups in total. The fourth-order valence-electron chi connectivity index (χ4n) is 0.871. The van der Waals surface area contributed by atoms with Crippen molar-refractivity contribution in [2.75, 3.05) is 0 Å². The second kappa shape index (κ2) is 3.24. The smallest absolute Gasteiger partial charge is 0.263 e. The molecule has 0 aliphatic heterocycles. The average Bonchev–Trinajstić information content (AvgIpc) is 2.05. The lowest BCUT2D eigenvalue weighted by Crippen LogP contribution is -2.13. The molecule has 0 radical (unpaired) electrons. The maximum atomic E-state index is 11.0. The predicted molar refractivity (Wildman–Crippen MR) is 47.6 cm³/mol. The van der Waals surface area contributed by atoms with E-state index in [1.165, 1.54) is 0 Å². The van der Waals surface area contributed by atoms with E-state index in [-0.39, 0.29) is 11.6 Å². The molecule has 0 saturated heterocycles. The van der Waals surface area contributed by atoms with Crippen LogP contribution < -0.4 is 11.3 Å². The van der Waals surface area contributed by atoms with E-state index in [1.54, 1.807) is 12.3 Å². The molecule has 0 saturated carbocycles. The van der Waals surface area contributed by atoms with Gasteiger partial charge < -0.3 is 10.7 Å². The average molecular weight is 162 g/mol. The van der Waals surface area contributed by atoms with Gasteiger partial charge in [-0.15, -0.1) is 6.42 Å². The largest absolute Gasteiger partial charge is 0.328 e. The molecule has 0 fully saturated rings. The van der Waals surface area contributed by atoms with E-state index >= 15 is 0 Å². The zero-order chi connectivity index (χ0) is 9.14. The molecule has 62 valence electrons. The highest BCUT2D eigenvalue weighted by Crippen LogP contribution is 2.06. The monoisotopic (exact) mass is 162 g/mol. The van der Waals surface area contributed by atoms with Crippen molar-refractivity contribution in [1.29, 1.82) is 0 Å². The van der Waals surface area contributed by atoms with Gasteiger partial charge in [0, 0.05) is 12.2 Å². The number of terminal acetylenes is 1. The summed E-state index contributed by atoms with van der Waals surface area (Å²) in [6.45, 7) is 1.83. The van der Waals surface area contributed by atoms with E-state index in [4.69, 9.17) is 12.2 Å². The number of nitrogens with two attached hydrogens (primary N) is 1. The number of aromatic amines is 1. The minimum absolute atomic E-state index is 0.117. The molecular formula is C9H10N2O. The molecule has 0 amide bonds. The van der Waals surface area contributed by atoms with Crippen molar-refractivity contribution in [3.63, 3.8) is 0 Å². The Labute approximate surface area is 70.6 Å². The Balaban J connectivity index is 3.26. The van der Waals surface area contributed by atoms with Crippen molar-refractivity contribution in [2.45, 2.75) is 13.0 Å². The molecule has 0 spiro atoms. The SMILES string of the molecule is C#Cc1cc([C@@H](C)N)c[nH]c1=O. The van der Waals surface area contributed by atoms with Crippen LogP contribution in [-0.4, -0.2) is 4.98 Å². The van der Waals surface area contributed by atoms with Crippen LogP contribution in [0.4, 0.5) is 0 Å². The summed E-state index contributed by atoms with van der Waals surface area (Å²) in [7, 11) is 0. The molecule has 0 bridgehead atoms. The van der Waals surface area contributed by atoms with Crippen LogP contribution >= 0.6 is 0 Å². The lowest BCUT2D eigenvalue weighted by Gasteiger charge is -2.03. The summed E-state index contributed by atoms with van der Waals surface area (Å²) in [6, 6.07) is 1.51. The molecule has 0 unspecified atom stereocenters. The lowest BCUT2D eigenvalue weighted by molar-refractivity contribution is 0.809. The van der Waals surface area contributed by atoms with Crippen LogP contribution in [0.1, 0.15) is 24.1 Å². The first kappa shape index (κ1) is 8.57. The lowest BCUT2D eigenvalue weighted by atomic mass is 10.1. The zero-order valence-electron chi connectivity index (χ0n) is 6.79. The van der Waals surface area contributed by atoms with Gasteiger partial charge in [0.1, 0.15) is 0 Å². The molecule has 1 rings (SSSR count). The number of hydrogen-bond acceptors (Lipinski definition) is 2. The van der Waals surface area contributed by atoms with Crippen molar-refractivity contribution in [3.8, 4) is 12.3 Å². The number of pyridine rings is 1. The molecule has 3 heteroatoms. The Morgan fingerprint density at radius 2 is 2.42 bits per heavy atom. The van der Waals surface area contributed by atoms with Gasteiger partial charge in [0.2, 0.25) is 0 Å². The fraction of sp³-hybridized carbons (Fsp3) is 0.222. The first-order chi connectivity index (χ1) is 5.65. The first-order valence-electron chi connectivity index (χ1n) is 3.60. The highest BCUT2D eigenvalue weighted by Gasteiger charge is 2.01. The van der Waals surface area contributed by atoms with Gasteiger partial charge in [0.25, 0.3) is 5.56 Å². The van der Waals surface area contributed by atoms with Crippen molar-refractivity contribution in [1.82, 2.24) is 4.98 Å². The summed E-state index contributed by atoms with van der Waals surface area (Å²) >= 11 is 0. The normalized spacial score (nSPS) is 12.1. The molecule has 0 aromatic carbocycles. The topological polar surface area (TPSA) is 58.9 Å². The number of aromatic nitrogens is 1. The Hall–Kier alpha value is -1.53. The van der Waals surface area contributed by atoms with Gasteiger partial charge in [-0.05, 0) is 18.6 Å². The third-order valence-corrected chi connectivity index (χ3v) is 1.61. The van der Waals surface area contributed by atoms with Gasteiger partial charge in [-0.3, -0.25) is 4.79 Å². The minimum atomic E-state index is -0.248. The zero-order valence-corrected chi connectivity index (χ0v) is 6.79. The quantitative estimate of drug-likeness (QED) is 0.586. The molecule has 1 aromatic heterocycles. The maximum Gasteiger partial charge on any atom is 0.263 e. The molecule has 1 atom stereocenters. The molecule has 1 heterocycles. The van der Waals surface area contributed by atoms with Crippen molar-refractivity contribution in [3.05, 3.63) is 33.7 Å². The van der Waals surface area contributed by atoms with Crippen LogP contribution in [0.5, 0.6) is 0 Å². The van der Waals surface area contributed by atoms with Gasteiger partial charge >= 0.3 is 0 Å². The van der Waals surface area contributed by atoms with Gasteiger partial charge in [-0.2, -0.15) is 0 Å². The number of H-pyrrole nitrogens is 1. The number of hydrogen-bond donors (Lipinski definition) is 2. The van der Waals surface area contributed by atoms with Crippen LogP contribution in [-0.2, 0) is 0 Å². The standard InChI is InChI=1S/C9H10N2O/c1-3-7-4-8(6(2)10)5-11-9(7)12/h1,4-6H,10H2,2H3,(H,11,12)/t6-/m1/s1. The van der Waals surface area contributed by atoms with Crippen LogP contribution in [0.25, 0.3) is 0 Å². The van der Waals surface area contributed by atoms with Crippen LogP contribution in [0.3, 0.4) is 0 Å². The highest BCUT2D eigenvalue weighted by atomic mass is 16.1. The number of nitrogens with one attached hydrogen (secondary N) is 1. The van der Waals surface area contributed by atoms with Gasteiger partial charge in [-0.25, -0.2) is 0 Å². The third-order valence-electron chi connectivity index (χ3n) is 1.61. The molecule has 0 aliphatic rings. The Morgan fingerprint density at radius 3 is 2.92 bits per heavy atom. The van der Waals surface area contributed by atoms with E-state index in [0.717, 1.165) is 5.56 Å². The summed E-state index contributed by atoms with van der Waals surface area (Å²) in [5.41, 5.74) is 6.51. The summed E-state index contributed by atoms with van der Waals surface area (Å²) in [5.74, 6) is 2.29. The maximum absolute atomic E-state index is 11.0. The van der Waals surface area contributed by atoms with Crippen LogP contribution in [0.15, 0.2) is 17.1 Å². The molecule has 1 aromatic rings. The highest BCUT2D eigenvalue weighted by molar-refractivity contribution is 5.32. The second-order valence-electron chi connectivity index (χ2n) is 2.61. The van der Waals surface area contributed by atoms with Gasteiger partial charge in [0.15, 0.2) is 0 Å². The Kier molecular flexibility index (Phi) is 2.32. The Morgan fingerprint density at radius 1 is 1.75 bits per heavy atom.